The highest BCUT2D eigenvalue weighted by Gasteiger charge is 2.16. The van der Waals surface area contributed by atoms with Crippen LogP contribution in [-0.4, -0.2) is 15.6 Å². The minimum atomic E-state index is -0.768. The lowest BCUT2D eigenvalue weighted by Crippen LogP contribution is -2.06. The van der Waals surface area contributed by atoms with Crippen molar-refractivity contribution >= 4 is 16.9 Å². The molecular weight excluding hydrogens is 238 g/mol. The van der Waals surface area contributed by atoms with Gasteiger partial charge in [-0.15, -0.1) is 0 Å². The van der Waals surface area contributed by atoms with Crippen LogP contribution < -0.4 is 0 Å². The predicted molar refractivity (Wildman–Crippen MR) is 75.2 cm³/mol. The van der Waals surface area contributed by atoms with Crippen molar-refractivity contribution in [1.82, 2.24) is 4.57 Å². The summed E-state index contributed by atoms with van der Waals surface area (Å²) in [6, 6.07) is 8.03. The first-order chi connectivity index (χ1) is 9.24. The Labute approximate surface area is 112 Å². The van der Waals surface area contributed by atoms with Crippen LogP contribution in [0.2, 0.25) is 0 Å². The van der Waals surface area contributed by atoms with Crippen LogP contribution in [0.5, 0.6) is 0 Å². The third-order valence-electron chi connectivity index (χ3n) is 4.18. The quantitative estimate of drug-likeness (QED) is 0.911. The number of nitrogens with zero attached hydrogens (tertiary/aromatic N) is 1. The van der Waals surface area contributed by atoms with Gasteiger partial charge in [-0.05, 0) is 36.5 Å². The van der Waals surface area contributed by atoms with Gasteiger partial charge in [0, 0.05) is 23.6 Å². The van der Waals surface area contributed by atoms with Crippen molar-refractivity contribution in [2.45, 2.75) is 38.6 Å². The molecule has 19 heavy (non-hydrogen) atoms. The van der Waals surface area contributed by atoms with E-state index in [1.54, 1.807) is 0 Å². The van der Waals surface area contributed by atoms with Gasteiger partial charge in [0.1, 0.15) is 0 Å². The normalized spacial score (nSPS) is 16.2. The number of hydrogen-bond acceptors (Lipinski definition) is 1. The summed E-state index contributed by atoms with van der Waals surface area (Å²) in [6.45, 7) is 1.07. The minimum Gasteiger partial charge on any atom is -0.481 e. The Hall–Kier alpha value is -1.77. The van der Waals surface area contributed by atoms with Crippen molar-refractivity contribution in [2.24, 2.45) is 5.92 Å². The second-order valence-electron chi connectivity index (χ2n) is 5.54. The fourth-order valence-corrected chi connectivity index (χ4v) is 3.23. The molecule has 1 aliphatic carbocycles. The molecule has 1 heterocycles. The van der Waals surface area contributed by atoms with Crippen molar-refractivity contribution in [2.75, 3.05) is 0 Å². The molecule has 3 nitrogen and oxygen atoms in total. The highest BCUT2D eigenvalue weighted by atomic mass is 16.4. The molecule has 100 valence electrons. The third kappa shape index (κ3) is 2.50. The van der Waals surface area contributed by atoms with Gasteiger partial charge >= 0.3 is 5.97 Å². The average Bonchev–Trinajstić information content (AvgIpc) is 3.00. The topological polar surface area (TPSA) is 42.2 Å². The van der Waals surface area contributed by atoms with Crippen LogP contribution in [0, 0.1) is 5.92 Å². The van der Waals surface area contributed by atoms with Crippen molar-refractivity contribution in [3.8, 4) is 0 Å². The molecule has 3 heteroatoms. The summed E-state index contributed by atoms with van der Waals surface area (Å²) in [5.41, 5.74) is 2.08. The van der Waals surface area contributed by atoms with Gasteiger partial charge in [-0.3, -0.25) is 4.79 Å². The van der Waals surface area contributed by atoms with Crippen LogP contribution in [-0.2, 0) is 17.8 Å². The first-order valence-corrected chi connectivity index (χ1v) is 7.02. The molecule has 0 atom stereocenters. The maximum atomic E-state index is 10.9. The zero-order valence-electron chi connectivity index (χ0n) is 11.0. The van der Waals surface area contributed by atoms with E-state index >= 15 is 0 Å². The zero-order valence-corrected chi connectivity index (χ0v) is 11.0. The molecule has 1 aromatic heterocycles. The number of carbonyl (C=O) groups is 1. The van der Waals surface area contributed by atoms with Crippen LogP contribution in [0.3, 0.4) is 0 Å². The molecule has 0 aliphatic heterocycles. The molecule has 1 aromatic carbocycles. The number of rotatable bonds is 4. The van der Waals surface area contributed by atoms with Crippen LogP contribution in [0.4, 0.5) is 0 Å². The predicted octanol–water partition coefficient (Wildman–Crippen LogP) is 3.46. The molecular formula is C16H19NO2. The van der Waals surface area contributed by atoms with Crippen LogP contribution in [0.15, 0.2) is 30.5 Å². The molecule has 0 saturated heterocycles. The van der Waals surface area contributed by atoms with E-state index in [1.807, 2.05) is 12.1 Å². The lowest BCUT2D eigenvalue weighted by molar-refractivity contribution is -0.136. The van der Waals surface area contributed by atoms with Gasteiger partial charge in [-0.2, -0.15) is 0 Å². The monoisotopic (exact) mass is 257 g/mol. The molecule has 0 radical (unpaired) electrons. The second kappa shape index (κ2) is 5.08. The van der Waals surface area contributed by atoms with Crippen LogP contribution >= 0.6 is 0 Å². The fraction of sp³-hybridized carbons (Fsp3) is 0.438. The van der Waals surface area contributed by atoms with Gasteiger partial charge in [0.25, 0.3) is 0 Å². The fourth-order valence-electron chi connectivity index (χ4n) is 3.23. The van der Waals surface area contributed by atoms with Gasteiger partial charge in [0.15, 0.2) is 0 Å². The number of hydrogen-bond donors (Lipinski definition) is 1. The summed E-state index contributed by atoms with van der Waals surface area (Å²) in [5.74, 6) is 0.0229. The molecule has 0 amide bonds. The summed E-state index contributed by atoms with van der Waals surface area (Å²) >= 11 is 0. The van der Waals surface area contributed by atoms with Crippen molar-refractivity contribution in [3.05, 3.63) is 36.0 Å². The van der Waals surface area contributed by atoms with E-state index in [4.69, 9.17) is 5.11 Å². The van der Waals surface area contributed by atoms with Crippen LogP contribution in [0.1, 0.15) is 31.2 Å². The summed E-state index contributed by atoms with van der Waals surface area (Å²) in [5, 5.41) is 10.0. The summed E-state index contributed by atoms with van der Waals surface area (Å²) in [4.78, 5) is 10.9. The zero-order chi connectivity index (χ0) is 13.2. The average molecular weight is 257 g/mol. The Kier molecular flexibility index (Phi) is 3.28. The Balaban J connectivity index is 1.91. The largest absolute Gasteiger partial charge is 0.481 e. The molecule has 1 aliphatic rings. The summed E-state index contributed by atoms with van der Waals surface area (Å²) < 4.78 is 2.29. The highest BCUT2D eigenvalue weighted by molar-refractivity contribution is 5.87. The number of aliphatic carboxylic acids is 1. The molecule has 0 spiro atoms. The number of carboxylic acids is 1. The third-order valence-corrected chi connectivity index (χ3v) is 4.18. The van der Waals surface area contributed by atoms with Gasteiger partial charge in [-0.25, -0.2) is 0 Å². The lowest BCUT2D eigenvalue weighted by atomic mass is 10.1. The van der Waals surface area contributed by atoms with E-state index in [0.717, 1.165) is 23.4 Å². The molecule has 2 aromatic rings. The Morgan fingerprint density at radius 3 is 2.79 bits per heavy atom. The summed E-state index contributed by atoms with van der Waals surface area (Å²) in [7, 11) is 0. The lowest BCUT2D eigenvalue weighted by Gasteiger charge is -2.12. The highest BCUT2D eigenvalue weighted by Crippen LogP contribution is 2.28. The SMILES string of the molecule is O=C(O)Cc1cccc2c1ccn2CC1CCCC1. The van der Waals surface area contributed by atoms with Crippen molar-refractivity contribution in [3.63, 3.8) is 0 Å². The molecule has 0 bridgehead atoms. The van der Waals surface area contributed by atoms with Crippen LogP contribution in [0.25, 0.3) is 10.9 Å². The van der Waals surface area contributed by atoms with E-state index in [-0.39, 0.29) is 6.42 Å². The first kappa shape index (κ1) is 12.3. The van der Waals surface area contributed by atoms with Gasteiger partial charge in [0.05, 0.1) is 6.42 Å². The van der Waals surface area contributed by atoms with E-state index in [1.165, 1.54) is 31.2 Å². The van der Waals surface area contributed by atoms with E-state index in [0.29, 0.717) is 0 Å². The Bertz CT molecular complexity index is 594. The van der Waals surface area contributed by atoms with Gasteiger partial charge in [0.2, 0.25) is 0 Å². The number of aromatic nitrogens is 1. The maximum absolute atomic E-state index is 10.9. The number of fused-ring (bicyclic) bond motifs is 1. The number of benzene rings is 1. The van der Waals surface area contributed by atoms with E-state index in [9.17, 15) is 4.79 Å². The van der Waals surface area contributed by atoms with E-state index in [2.05, 4.69) is 22.9 Å². The van der Waals surface area contributed by atoms with Crippen molar-refractivity contribution in [1.29, 1.82) is 0 Å². The molecule has 0 unspecified atom stereocenters. The Morgan fingerprint density at radius 2 is 2.05 bits per heavy atom. The first-order valence-electron chi connectivity index (χ1n) is 7.02. The molecule has 3 rings (SSSR count). The molecule has 1 saturated carbocycles. The second-order valence-corrected chi connectivity index (χ2v) is 5.54. The van der Waals surface area contributed by atoms with Gasteiger partial charge < -0.3 is 9.67 Å². The van der Waals surface area contributed by atoms with Crippen molar-refractivity contribution < 1.29 is 9.90 Å². The Morgan fingerprint density at radius 1 is 1.26 bits per heavy atom. The summed E-state index contributed by atoms with van der Waals surface area (Å²) in [6.07, 6.45) is 7.57. The standard InChI is InChI=1S/C16H19NO2/c18-16(19)10-13-6-3-7-15-14(13)8-9-17(15)11-12-4-1-2-5-12/h3,6-9,12H,1-2,4-5,10-11H2,(H,18,19). The minimum absolute atomic E-state index is 0.102. The smallest absolute Gasteiger partial charge is 0.307 e. The van der Waals surface area contributed by atoms with E-state index < -0.39 is 5.97 Å². The molecule has 1 fully saturated rings. The molecule has 1 N–H and O–H groups in total. The number of carboxylic acid groups (broad SMARTS) is 1. The van der Waals surface area contributed by atoms with Gasteiger partial charge in [-0.1, -0.05) is 25.0 Å². The maximum Gasteiger partial charge on any atom is 0.307 e.